The van der Waals surface area contributed by atoms with E-state index in [1.807, 2.05) is 0 Å². The zero-order valence-electron chi connectivity index (χ0n) is 9.94. The van der Waals surface area contributed by atoms with Gasteiger partial charge in [0, 0.05) is 16.0 Å². The van der Waals surface area contributed by atoms with Crippen LogP contribution in [0.25, 0.3) is 0 Å². The molecule has 0 atom stereocenters. The second-order valence-corrected chi connectivity index (χ2v) is 7.81. The summed E-state index contributed by atoms with van der Waals surface area (Å²) in [5.41, 5.74) is 5.99. The van der Waals surface area contributed by atoms with Crippen LogP contribution in [0.3, 0.4) is 0 Å². The average Bonchev–Trinajstić information content (AvgIpc) is 2.28. The predicted molar refractivity (Wildman–Crippen MR) is 66.8 cm³/mol. The maximum atomic E-state index is 5.99. The number of hydrogen-bond acceptors (Lipinski definition) is 2. The van der Waals surface area contributed by atoms with Gasteiger partial charge in [-0.05, 0) is 12.8 Å². The molecule has 0 heterocycles. The number of nitrogens with two attached hydrogens (primary N) is 1. The van der Waals surface area contributed by atoms with Crippen molar-refractivity contribution in [3.8, 4) is 0 Å². The van der Waals surface area contributed by atoms with E-state index in [1.54, 1.807) is 0 Å². The lowest BCUT2D eigenvalue weighted by Gasteiger charge is -2.37. The van der Waals surface area contributed by atoms with Crippen molar-refractivity contribution in [1.82, 2.24) is 0 Å². The van der Waals surface area contributed by atoms with E-state index in [4.69, 9.17) is 5.73 Å². The summed E-state index contributed by atoms with van der Waals surface area (Å²) >= 11 is 2.11. The highest BCUT2D eigenvalue weighted by atomic mass is 32.2. The van der Waals surface area contributed by atoms with Gasteiger partial charge in [-0.1, -0.05) is 46.5 Å². The van der Waals surface area contributed by atoms with Gasteiger partial charge in [0.2, 0.25) is 0 Å². The molecule has 0 amide bonds. The minimum absolute atomic E-state index is 0.351. The molecule has 0 radical (unpaired) electrons. The Bertz CT molecular complexity index is 164. The first kappa shape index (κ1) is 12.4. The lowest BCUT2D eigenvalue weighted by atomic mass is 9.99. The van der Waals surface area contributed by atoms with Crippen LogP contribution in [0.4, 0.5) is 0 Å². The van der Waals surface area contributed by atoms with E-state index >= 15 is 0 Å². The summed E-state index contributed by atoms with van der Waals surface area (Å²) in [5.74, 6) is 0. The van der Waals surface area contributed by atoms with Crippen molar-refractivity contribution >= 4 is 11.8 Å². The fourth-order valence-electron chi connectivity index (χ4n) is 2.37. The number of hydrogen-bond donors (Lipinski definition) is 1. The van der Waals surface area contributed by atoms with Crippen molar-refractivity contribution in [2.75, 3.05) is 6.54 Å². The summed E-state index contributed by atoms with van der Waals surface area (Å²) in [6.07, 6.45) is 8.22. The second-order valence-electron chi connectivity index (χ2n) is 5.52. The Morgan fingerprint density at radius 3 is 1.93 bits per heavy atom. The lowest BCUT2D eigenvalue weighted by molar-refractivity contribution is 0.514. The SMILES string of the molecule is CC(C)(C)SC1(CN)CCCCCC1. The fourth-order valence-corrected chi connectivity index (χ4v) is 4.25. The minimum Gasteiger partial charge on any atom is -0.329 e. The van der Waals surface area contributed by atoms with Crippen LogP contribution < -0.4 is 5.73 Å². The maximum Gasteiger partial charge on any atom is 0.0287 e. The molecule has 14 heavy (non-hydrogen) atoms. The van der Waals surface area contributed by atoms with E-state index in [9.17, 15) is 0 Å². The minimum atomic E-state index is 0.351. The highest BCUT2D eigenvalue weighted by Crippen LogP contribution is 2.44. The van der Waals surface area contributed by atoms with Crippen LogP contribution in [0.1, 0.15) is 59.3 Å². The molecule has 0 unspecified atom stereocenters. The molecule has 0 saturated heterocycles. The van der Waals surface area contributed by atoms with Crippen molar-refractivity contribution in [2.24, 2.45) is 5.73 Å². The highest BCUT2D eigenvalue weighted by molar-refractivity contribution is 8.02. The molecule has 0 spiro atoms. The maximum absolute atomic E-state index is 5.99. The van der Waals surface area contributed by atoms with E-state index in [0.717, 1.165) is 6.54 Å². The second kappa shape index (κ2) is 4.89. The quantitative estimate of drug-likeness (QED) is 0.713. The van der Waals surface area contributed by atoms with Crippen LogP contribution in [0.15, 0.2) is 0 Å². The van der Waals surface area contributed by atoms with Crippen molar-refractivity contribution in [2.45, 2.75) is 68.8 Å². The molecule has 0 aromatic carbocycles. The standard InChI is InChI=1S/C12H25NS/c1-11(2,3)14-12(10-13)8-6-4-5-7-9-12/h4-10,13H2,1-3H3. The van der Waals surface area contributed by atoms with Gasteiger partial charge in [-0.3, -0.25) is 0 Å². The van der Waals surface area contributed by atoms with Gasteiger partial charge in [0.15, 0.2) is 0 Å². The first-order valence-electron chi connectivity index (χ1n) is 5.88. The zero-order chi connectivity index (χ0) is 10.7. The van der Waals surface area contributed by atoms with Gasteiger partial charge in [0.05, 0.1) is 0 Å². The Labute approximate surface area is 93.2 Å². The summed E-state index contributed by atoms with van der Waals surface area (Å²) in [6.45, 7) is 7.77. The van der Waals surface area contributed by atoms with Crippen LogP contribution in [-0.2, 0) is 0 Å². The van der Waals surface area contributed by atoms with E-state index < -0.39 is 0 Å². The van der Waals surface area contributed by atoms with Gasteiger partial charge in [-0.2, -0.15) is 0 Å². The third-order valence-electron chi connectivity index (χ3n) is 2.91. The summed E-state index contributed by atoms with van der Waals surface area (Å²) < 4.78 is 0.735. The largest absolute Gasteiger partial charge is 0.329 e. The molecular weight excluding hydrogens is 190 g/mol. The Morgan fingerprint density at radius 2 is 1.57 bits per heavy atom. The number of thioether (sulfide) groups is 1. The van der Waals surface area contributed by atoms with Crippen molar-refractivity contribution in [3.05, 3.63) is 0 Å². The Balaban J connectivity index is 2.63. The van der Waals surface area contributed by atoms with Crippen molar-refractivity contribution in [3.63, 3.8) is 0 Å². The van der Waals surface area contributed by atoms with Crippen LogP contribution in [0.5, 0.6) is 0 Å². The molecule has 0 aromatic rings. The molecule has 1 aliphatic carbocycles. The van der Waals surface area contributed by atoms with E-state index in [-0.39, 0.29) is 0 Å². The summed E-state index contributed by atoms with van der Waals surface area (Å²) in [4.78, 5) is 0. The van der Waals surface area contributed by atoms with Gasteiger partial charge in [0.1, 0.15) is 0 Å². The van der Waals surface area contributed by atoms with Crippen LogP contribution >= 0.6 is 11.8 Å². The molecule has 1 saturated carbocycles. The summed E-state index contributed by atoms with van der Waals surface area (Å²) in [6, 6.07) is 0. The molecule has 2 heteroatoms. The predicted octanol–water partition coefficient (Wildman–Crippen LogP) is 3.57. The molecular formula is C12H25NS. The smallest absolute Gasteiger partial charge is 0.0287 e. The first-order valence-corrected chi connectivity index (χ1v) is 6.69. The Hall–Kier alpha value is 0.310. The normalized spacial score (nSPS) is 23.1. The van der Waals surface area contributed by atoms with E-state index in [2.05, 4.69) is 32.5 Å². The van der Waals surface area contributed by atoms with Gasteiger partial charge in [-0.15, -0.1) is 11.8 Å². The molecule has 0 aliphatic heterocycles. The van der Waals surface area contributed by atoms with Crippen LogP contribution in [0.2, 0.25) is 0 Å². The summed E-state index contributed by atoms with van der Waals surface area (Å²) in [5, 5.41) is 0. The monoisotopic (exact) mass is 215 g/mol. The topological polar surface area (TPSA) is 26.0 Å². The molecule has 1 aliphatic rings. The van der Waals surface area contributed by atoms with E-state index in [0.29, 0.717) is 9.49 Å². The number of rotatable bonds is 2. The molecule has 84 valence electrons. The van der Waals surface area contributed by atoms with E-state index in [1.165, 1.54) is 38.5 Å². The van der Waals surface area contributed by atoms with Crippen molar-refractivity contribution < 1.29 is 0 Å². The third-order valence-corrected chi connectivity index (χ3v) is 4.53. The average molecular weight is 215 g/mol. The molecule has 1 fully saturated rings. The fraction of sp³-hybridized carbons (Fsp3) is 1.00. The Morgan fingerprint density at radius 1 is 1.07 bits per heavy atom. The summed E-state index contributed by atoms with van der Waals surface area (Å²) in [7, 11) is 0. The molecule has 0 bridgehead atoms. The van der Waals surface area contributed by atoms with Crippen LogP contribution in [-0.4, -0.2) is 16.0 Å². The van der Waals surface area contributed by atoms with Crippen LogP contribution in [0, 0.1) is 0 Å². The lowest BCUT2D eigenvalue weighted by Crippen LogP contribution is -2.37. The zero-order valence-corrected chi connectivity index (χ0v) is 10.8. The molecule has 0 aromatic heterocycles. The molecule has 1 rings (SSSR count). The third kappa shape index (κ3) is 3.82. The van der Waals surface area contributed by atoms with Gasteiger partial charge in [-0.25, -0.2) is 0 Å². The molecule has 2 N–H and O–H groups in total. The van der Waals surface area contributed by atoms with Gasteiger partial charge in [0.25, 0.3) is 0 Å². The Kier molecular flexibility index (Phi) is 4.32. The van der Waals surface area contributed by atoms with Gasteiger partial charge >= 0.3 is 0 Å². The highest BCUT2D eigenvalue weighted by Gasteiger charge is 2.34. The van der Waals surface area contributed by atoms with Crippen molar-refractivity contribution in [1.29, 1.82) is 0 Å². The molecule has 1 nitrogen and oxygen atoms in total. The first-order chi connectivity index (χ1) is 6.47. The van der Waals surface area contributed by atoms with Gasteiger partial charge < -0.3 is 5.73 Å².